The topological polar surface area (TPSA) is 49.4 Å². The molecule has 2 aromatic carbocycles. The zero-order valence-electron chi connectivity index (χ0n) is 13.8. The summed E-state index contributed by atoms with van der Waals surface area (Å²) in [6.45, 7) is 4.02. The fourth-order valence-electron chi connectivity index (χ4n) is 2.95. The van der Waals surface area contributed by atoms with E-state index in [0.29, 0.717) is 39.8 Å². The molecule has 1 saturated heterocycles. The zero-order chi connectivity index (χ0) is 18.0. The summed E-state index contributed by atoms with van der Waals surface area (Å²) < 4.78 is 0. The van der Waals surface area contributed by atoms with E-state index in [-0.39, 0.29) is 17.7 Å². The number of nitrogens with one attached hydrogen (secondary N) is 1. The van der Waals surface area contributed by atoms with Crippen molar-refractivity contribution < 1.29 is 9.59 Å². The summed E-state index contributed by atoms with van der Waals surface area (Å²) in [4.78, 5) is 27.6. The van der Waals surface area contributed by atoms with Gasteiger partial charge in [0.1, 0.15) is 0 Å². The van der Waals surface area contributed by atoms with Crippen molar-refractivity contribution in [3.8, 4) is 0 Å². The van der Waals surface area contributed by atoms with Gasteiger partial charge in [-0.05, 0) is 31.2 Å². The molecule has 1 amide bonds. The first-order valence-corrected chi connectivity index (χ1v) is 8.84. The van der Waals surface area contributed by atoms with Crippen LogP contribution in [-0.4, -0.2) is 42.3 Å². The van der Waals surface area contributed by atoms with Crippen LogP contribution in [-0.2, 0) is 0 Å². The average Bonchev–Trinajstić information content (AvgIpc) is 2.63. The number of hydrogen-bond acceptors (Lipinski definition) is 3. The van der Waals surface area contributed by atoms with Crippen molar-refractivity contribution in [2.75, 3.05) is 19.6 Å². The van der Waals surface area contributed by atoms with Crippen LogP contribution in [0.15, 0.2) is 42.5 Å². The molecule has 130 valence electrons. The number of benzene rings is 2. The fraction of sp³-hybridized carbons (Fsp3) is 0.263. The number of carbonyl (C=O) groups excluding carboxylic acids is 2. The summed E-state index contributed by atoms with van der Waals surface area (Å²) in [6, 6.07) is 11.8. The molecule has 0 bridgehead atoms. The maximum Gasteiger partial charge on any atom is 0.254 e. The predicted molar refractivity (Wildman–Crippen MR) is 99.7 cm³/mol. The Morgan fingerprint density at radius 1 is 1.08 bits per heavy atom. The van der Waals surface area contributed by atoms with Crippen molar-refractivity contribution >= 4 is 34.9 Å². The van der Waals surface area contributed by atoms with Crippen LogP contribution in [0.5, 0.6) is 0 Å². The number of halogens is 2. The molecule has 1 unspecified atom stereocenters. The van der Waals surface area contributed by atoms with Gasteiger partial charge in [0.2, 0.25) is 0 Å². The maximum absolute atomic E-state index is 12.9. The molecule has 25 heavy (non-hydrogen) atoms. The van der Waals surface area contributed by atoms with Gasteiger partial charge in [0.15, 0.2) is 5.78 Å². The van der Waals surface area contributed by atoms with Gasteiger partial charge in [0.25, 0.3) is 5.91 Å². The van der Waals surface area contributed by atoms with Crippen LogP contribution in [0, 0.1) is 0 Å². The minimum absolute atomic E-state index is 0.127. The molecule has 0 saturated carbocycles. The SMILES string of the molecule is CC1CN(C(=O)c2ccccc2C(=O)c2ccc(Cl)c(Cl)c2)CCN1. The molecule has 0 radical (unpaired) electrons. The quantitative estimate of drug-likeness (QED) is 0.831. The van der Waals surface area contributed by atoms with Crippen LogP contribution in [0.3, 0.4) is 0 Å². The third kappa shape index (κ3) is 3.87. The van der Waals surface area contributed by atoms with Crippen molar-refractivity contribution in [1.82, 2.24) is 10.2 Å². The van der Waals surface area contributed by atoms with Gasteiger partial charge in [-0.25, -0.2) is 0 Å². The Morgan fingerprint density at radius 3 is 2.48 bits per heavy atom. The Hall–Kier alpha value is -1.88. The highest BCUT2D eigenvalue weighted by atomic mass is 35.5. The Morgan fingerprint density at radius 2 is 1.80 bits per heavy atom. The fourth-order valence-corrected chi connectivity index (χ4v) is 3.25. The lowest BCUT2D eigenvalue weighted by molar-refractivity contribution is 0.0705. The molecule has 6 heteroatoms. The minimum Gasteiger partial charge on any atom is -0.336 e. The number of piperazine rings is 1. The van der Waals surface area contributed by atoms with Gasteiger partial charge in [-0.3, -0.25) is 9.59 Å². The Bertz CT molecular complexity index is 823. The first-order chi connectivity index (χ1) is 12.0. The van der Waals surface area contributed by atoms with Crippen molar-refractivity contribution in [1.29, 1.82) is 0 Å². The van der Waals surface area contributed by atoms with E-state index in [1.165, 1.54) is 6.07 Å². The molecule has 1 fully saturated rings. The smallest absolute Gasteiger partial charge is 0.254 e. The van der Waals surface area contributed by atoms with Crippen LogP contribution < -0.4 is 5.32 Å². The van der Waals surface area contributed by atoms with Gasteiger partial charge in [0, 0.05) is 36.8 Å². The zero-order valence-corrected chi connectivity index (χ0v) is 15.3. The predicted octanol–water partition coefficient (Wildman–Crippen LogP) is 3.66. The molecule has 1 aliphatic rings. The molecule has 0 aromatic heterocycles. The molecule has 1 atom stereocenters. The van der Waals surface area contributed by atoms with Crippen LogP contribution in [0.25, 0.3) is 0 Å². The Balaban J connectivity index is 1.93. The lowest BCUT2D eigenvalue weighted by Crippen LogP contribution is -2.51. The van der Waals surface area contributed by atoms with E-state index in [2.05, 4.69) is 5.32 Å². The lowest BCUT2D eigenvalue weighted by Gasteiger charge is -2.32. The van der Waals surface area contributed by atoms with E-state index >= 15 is 0 Å². The summed E-state index contributed by atoms with van der Waals surface area (Å²) in [5.41, 5.74) is 1.19. The second kappa shape index (κ2) is 7.56. The maximum atomic E-state index is 12.9. The van der Waals surface area contributed by atoms with E-state index in [0.717, 1.165) is 6.54 Å². The number of ketones is 1. The molecule has 0 aliphatic carbocycles. The number of amides is 1. The highest BCUT2D eigenvalue weighted by molar-refractivity contribution is 6.42. The number of rotatable bonds is 3. The van der Waals surface area contributed by atoms with Crippen molar-refractivity contribution in [2.45, 2.75) is 13.0 Å². The first kappa shape index (κ1) is 17.9. The molecule has 1 heterocycles. The van der Waals surface area contributed by atoms with E-state index in [9.17, 15) is 9.59 Å². The van der Waals surface area contributed by atoms with Gasteiger partial charge in [-0.1, -0.05) is 41.4 Å². The normalized spacial score (nSPS) is 17.4. The summed E-state index contributed by atoms with van der Waals surface area (Å²) in [7, 11) is 0. The number of nitrogens with zero attached hydrogens (tertiary/aromatic N) is 1. The molecular formula is C19H18Cl2N2O2. The minimum atomic E-state index is -0.245. The van der Waals surface area contributed by atoms with E-state index in [1.54, 1.807) is 41.3 Å². The Labute approximate surface area is 156 Å². The van der Waals surface area contributed by atoms with Crippen molar-refractivity contribution in [3.63, 3.8) is 0 Å². The van der Waals surface area contributed by atoms with Crippen LogP contribution in [0.2, 0.25) is 10.0 Å². The monoisotopic (exact) mass is 376 g/mol. The number of hydrogen-bond donors (Lipinski definition) is 1. The van der Waals surface area contributed by atoms with Crippen molar-refractivity contribution in [3.05, 3.63) is 69.2 Å². The summed E-state index contributed by atoms with van der Waals surface area (Å²) in [5.74, 6) is -0.372. The van der Waals surface area contributed by atoms with Crippen molar-refractivity contribution in [2.24, 2.45) is 0 Å². The molecule has 1 aliphatic heterocycles. The number of carbonyl (C=O) groups is 2. The van der Waals surface area contributed by atoms with E-state index in [4.69, 9.17) is 23.2 Å². The summed E-state index contributed by atoms with van der Waals surface area (Å²) >= 11 is 11.9. The van der Waals surface area contributed by atoms with Crippen LogP contribution in [0.1, 0.15) is 33.2 Å². The first-order valence-electron chi connectivity index (χ1n) is 8.09. The third-order valence-electron chi connectivity index (χ3n) is 4.24. The second-order valence-electron chi connectivity index (χ2n) is 6.11. The van der Waals surface area contributed by atoms with E-state index in [1.807, 2.05) is 6.92 Å². The highest BCUT2D eigenvalue weighted by Gasteiger charge is 2.25. The average molecular weight is 377 g/mol. The molecule has 1 N–H and O–H groups in total. The van der Waals surface area contributed by atoms with Gasteiger partial charge < -0.3 is 10.2 Å². The largest absolute Gasteiger partial charge is 0.336 e. The molecule has 0 spiro atoms. The van der Waals surface area contributed by atoms with E-state index < -0.39 is 0 Å². The standard InChI is InChI=1S/C19H18Cl2N2O2/c1-12-11-23(9-8-22-12)19(25)15-5-3-2-4-14(15)18(24)13-6-7-16(20)17(21)10-13/h2-7,10,12,22H,8-9,11H2,1H3. The third-order valence-corrected chi connectivity index (χ3v) is 4.98. The second-order valence-corrected chi connectivity index (χ2v) is 6.92. The Kier molecular flexibility index (Phi) is 5.42. The summed E-state index contributed by atoms with van der Waals surface area (Å²) in [6.07, 6.45) is 0. The molecule has 2 aromatic rings. The summed E-state index contributed by atoms with van der Waals surface area (Å²) in [5, 5.41) is 4.00. The molecular weight excluding hydrogens is 359 g/mol. The van der Waals surface area contributed by atoms with Gasteiger partial charge >= 0.3 is 0 Å². The highest BCUT2D eigenvalue weighted by Crippen LogP contribution is 2.25. The van der Waals surface area contributed by atoms with Gasteiger partial charge in [0.05, 0.1) is 15.6 Å². The molecule has 4 nitrogen and oxygen atoms in total. The van der Waals surface area contributed by atoms with Gasteiger partial charge in [-0.15, -0.1) is 0 Å². The van der Waals surface area contributed by atoms with Gasteiger partial charge in [-0.2, -0.15) is 0 Å². The molecule has 3 rings (SSSR count). The van der Waals surface area contributed by atoms with Crippen LogP contribution in [0.4, 0.5) is 0 Å². The van der Waals surface area contributed by atoms with Crippen LogP contribution >= 0.6 is 23.2 Å². The lowest BCUT2D eigenvalue weighted by atomic mass is 9.97.